The van der Waals surface area contributed by atoms with Crippen molar-refractivity contribution in [3.05, 3.63) is 60.2 Å². The van der Waals surface area contributed by atoms with Crippen LogP contribution in [-0.4, -0.2) is 48.8 Å². The lowest BCUT2D eigenvalue weighted by Crippen LogP contribution is -2.44. The van der Waals surface area contributed by atoms with Gasteiger partial charge in [-0.15, -0.1) is 0 Å². The number of likely N-dealkylation sites (tertiary alicyclic amines) is 1. The SMILES string of the molecule is CN(C)C(=O)C1(Cc2cccc(-c3ccccc3)c2)CCN(C(=O)C2CC2)C1. The van der Waals surface area contributed by atoms with E-state index in [1.54, 1.807) is 4.90 Å². The molecule has 0 N–H and O–H groups in total. The molecule has 2 fully saturated rings. The number of benzene rings is 2. The minimum absolute atomic E-state index is 0.128. The van der Waals surface area contributed by atoms with Crippen molar-refractivity contribution in [2.75, 3.05) is 27.2 Å². The summed E-state index contributed by atoms with van der Waals surface area (Å²) in [5.74, 6) is 0.571. The van der Waals surface area contributed by atoms with Crippen LogP contribution in [0.2, 0.25) is 0 Å². The molecule has 4 nitrogen and oxygen atoms in total. The summed E-state index contributed by atoms with van der Waals surface area (Å²) in [4.78, 5) is 29.4. The highest BCUT2D eigenvalue weighted by atomic mass is 16.2. The van der Waals surface area contributed by atoms with E-state index in [1.807, 2.05) is 37.2 Å². The molecule has 2 aliphatic rings. The first-order valence-electron chi connectivity index (χ1n) is 10.1. The summed E-state index contributed by atoms with van der Waals surface area (Å²) in [6, 6.07) is 18.8. The molecule has 1 saturated heterocycles. The molecule has 2 amide bonds. The van der Waals surface area contributed by atoms with E-state index in [0.717, 1.165) is 30.4 Å². The van der Waals surface area contributed by atoms with Gasteiger partial charge in [-0.2, -0.15) is 0 Å². The van der Waals surface area contributed by atoms with Gasteiger partial charge in [0, 0.05) is 33.1 Å². The Hall–Kier alpha value is -2.62. The van der Waals surface area contributed by atoms with Gasteiger partial charge in [0.2, 0.25) is 11.8 Å². The summed E-state index contributed by atoms with van der Waals surface area (Å²) in [7, 11) is 3.63. The van der Waals surface area contributed by atoms with Gasteiger partial charge < -0.3 is 9.80 Å². The Morgan fingerprint density at radius 1 is 1.04 bits per heavy atom. The predicted octanol–water partition coefficient (Wildman–Crippen LogP) is 3.61. The molecule has 0 spiro atoms. The van der Waals surface area contributed by atoms with Crippen LogP contribution in [0.3, 0.4) is 0 Å². The second-order valence-electron chi connectivity index (χ2n) is 8.51. The molecule has 1 aliphatic carbocycles. The fraction of sp³-hybridized carbons (Fsp3) is 0.417. The molecule has 1 aliphatic heterocycles. The van der Waals surface area contributed by atoms with Gasteiger partial charge in [0.15, 0.2) is 0 Å². The first-order valence-corrected chi connectivity index (χ1v) is 10.1. The molecule has 1 atom stereocenters. The molecule has 4 rings (SSSR count). The third-order valence-corrected chi connectivity index (χ3v) is 6.03. The smallest absolute Gasteiger partial charge is 0.230 e. The Kier molecular flexibility index (Phi) is 4.96. The summed E-state index contributed by atoms with van der Waals surface area (Å²) in [6.07, 6.45) is 3.41. The molecule has 0 bridgehead atoms. The minimum Gasteiger partial charge on any atom is -0.348 e. The lowest BCUT2D eigenvalue weighted by molar-refractivity contribution is -0.139. The standard InChI is InChI=1S/C24H28N2O2/c1-25(2)23(28)24(13-14-26(17-24)22(27)20-11-12-20)16-18-7-6-10-21(15-18)19-8-4-3-5-9-19/h3-10,15,20H,11-14,16-17H2,1-2H3. The molecule has 0 radical (unpaired) electrons. The topological polar surface area (TPSA) is 40.6 Å². The van der Waals surface area contributed by atoms with Crippen LogP contribution in [-0.2, 0) is 16.0 Å². The van der Waals surface area contributed by atoms with Gasteiger partial charge in [0.05, 0.1) is 5.41 Å². The van der Waals surface area contributed by atoms with Crippen LogP contribution in [0.4, 0.5) is 0 Å². The Bertz CT molecular complexity index is 873. The zero-order valence-corrected chi connectivity index (χ0v) is 16.7. The summed E-state index contributed by atoms with van der Waals surface area (Å²) < 4.78 is 0. The van der Waals surface area contributed by atoms with Crippen LogP contribution in [0.1, 0.15) is 24.8 Å². The van der Waals surface area contributed by atoms with E-state index < -0.39 is 5.41 Å². The van der Waals surface area contributed by atoms with Crippen LogP contribution in [0.15, 0.2) is 54.6 Å². The maximum absolute atomic E-state index is 13.2. The average Bonchev–Trinajstić information content (AvgIpc) is 3.48. The number of rotatable bonds is 5. The van der Waals surface area contributed by atoms with Gasteiger partial charge >= 0.3 is 0 Å². The summed E-state index contributed by atoms with van der Waals surface area (Å²) in [6.45, 7) is 1.22. The number of carbonyl (C=O) groups excluding carboxylic acids is 2. The van der Waals surface area contributed by atoms with E-state index in [4.69, 9.17) is 0 Å². The van der Waals surface area contributed by atoms with Crippen LogP contribution in [0, 0.1) is 11.3 Å². The molecule has 28 heavy (non-hydrogen) atoms. The van der Waals surface area contributed by atoms with Crippen LogP contribution >= 0.6 is 0 Å². The quantitative estimate of drug-likeness (QED) is 0.800. The summed E-state index contributed by atoms with van der Waals surface area (Å²) >= 11 is 0. The third-order valence-electron chi connectivity index (χ3n) is 6.03. The lowest BCUT2D eigenvalue weighted by Gasteiger charge is -2.31. The molecule has 4 heteroatoms. The van der Waals surface area contributed by atoms with Crippen molar-refractivity contribution in [3.8, 4) is 11.1 Å². The van der Waals surface area contributed by atoms with Gasteiger partial charge in [0.25, 0.3) is 0 Å². The van der Waals surface area contributed by atoms with E-state index in [9.17, 15) is 9.59 Å². The van der Waals surface area contributed by atoms with Crippen molar-refractivity contribution < 1.29 is 9.59 Å². The maximum atomic E-state index is 13.2. The first kappa shape index (κ1) is 18.7. The van der Waals surface area contributed by atoms with E-state index in [1.165, 1.54) is 5.56 Å². The number of amides is 2. The van der Waals surface area contributed by atoms with E-state index in [-0.39, 0.29) is 17.7 Å². The van der Waals surface area contributed by atoms with E-state index in [2.05, 4.69) is 36.4 Å². The fourth-order valence-electron chi connectivity index (χ4n) is 4.40. The van der Waals surface area contributed by atoms with Crippen molar-refractivity contribution in [1.82, 2.24) is 9.80 Å². The summed E-state index contributed by atoms with van der Waals surface area (Å²) in [5, 5.41) is 0. The van der Waals surface area contributed by atoms with Gasteiger partial charge in [-0.3, -0.25) is 9.59 Å². The monoisotopic (exact) mass is 376 g/mol. The maximum Gasteiger partial charge on any atom is 0.230 e. The Labute approximate surface area is 167 Å². The van der Waals surface area contributed by atoms with Crippen molar-refractivity contribution in [1.29, 1.82) is 0 Å². The molecule has 1 unspecified atom stereocenters. The molecule has 1 saturated carbocycles. The fourth-order valence-corrected chi connectivity index (χ4v) is 4.40. The highest BCUT2D eigenvalue weighted by molar-refractivity contribution is 5.86. The van der Waals surface area contributed by atoms with Crippen molar-refractivity contribution in [2.45, 2.75) is 25.7 Å². The minimum atomic E-state index is -0.524. The Morgan fingerprint density at radius 2 is 1.75 bits per heavy atom. The molecular weight excluding hydrogens is 348 g/mol. The van der Waals surface area contributed by atoms with E-state index >= 15 is 0 Å². The number of hydrogen-bond donors (Lipinski definition) is 0. The third kappa shape index (κ3) is 3.68. The number of carbonyl (C=O) groups is 2. The van der Waals surface area contributed by atoms with Crippen molar-refractivity contribution >= 4 is 11.8 Å². The largest absolute Gasteiger partial charge is 0.348 e. The molecule has 146 valence electrons. The van der Waals surface area contributed by atoms with Gasteiger partial charge in [-0.1, -0.05) is 54.6 Å². The van der Waals surface area contributed by atoms with Crippen molar-refractivity contribution in [2.24, 2.45) is 11.3 Å². The second kappa shape index (κ2) is 7.42. The van der Waals surface area contributed by atoms with Gasteiger partial charge in [-0.25, -0.2) is 0 Å². The van der Waals surface area contributed by atoms with Crippen molar-refractivity contribution in [3.63, 3.8) is 0 Å². The molecular formula is C24H28N2O2. The highest BCUT2D eigenvalue weighted by Crippen LogP contribution is 2.40. The normalized spacial score (nSPS) is 21.6. The molecule has 2 aromatic rings. The number of hydrogen-bond acceptors (Lipinski definition) is 2. The Balaban J connectivity index is 1.60. The molecule has 0 aromatic heterocycles. The molecule has 1 heterocycles. The van der Waals surface area contributed by atoms with Crippen LogP contribution in [0.25, 0.3) is 11.1 Å². The van der Waals surface area contributed by atoms with Crippen LogP contribution < -0.4 is 0 Å². The number of nitrogens with zero attached hydrogens (tertiary/aromatic N) is 2. The molecule has 2 aromatic carbocycles. The zero-order chi connectivity index (χ0) is 19.7. The summed E-state index contributed by atoms with van der Waals surface area (Å²) in [5.41, 5.74) is 2.96. The average molecular weight is 377 g/mol. The highest BCUT2D eigenvalue weighted by Gasteiger charge is 2.48. The van der Waals surface area contributed by atoms with Gasteiger partial charge in [0.1, 0.15) is 0 Å². The van der Waals surface area contributed by atoms with Crippen LogP contribution in [0.5, 0.6) is 0 Å². The van der Waals surface area contributed by atoms with E-state index in [0.29, 0.717) is 19.5 Å². The second-order valence-corrected chi connectivity index (χ2v) is 8.51. The van der Waals surface area contributed by atoms with Gasteiger partial charge in [-0.05, 0) is 42.4 Å². The predicted molar refractivity (Wildman–Crippen MR) is 111 cm³/mol. The lowest BCUT2D eigenvalue weighted by atomic mass is 9.79. The zero-order valence-electron chi connectivity index (χ0n) is 16.7. The Morgan fingerprint density at radius 3 is 2.43 bits per heavy atom. The first-order chi connectivity index (χ1) is 13.5.